The maximum atomic E-state index is 12.3. The van der Waals surface area contributed by atoms with E-state index in [1.54, 1.807) is 17.8 Å². The molecule has 1 aliphatic heterocycles. The van der Waals surface area contributed by atoms with Gasteiger partial charge in [-0.25, -0.2) is 4.79 Å². The van der Waals surface area contributed by atoms with Crippen LogP contribution >= 0.6 is 23.4 Å². The maximum Gasteiger partial charge on any atom is 0.345 e. The smallest absolute Gasteiger partial charge is 0.345 e. The number of fused-ring (bicyclic) bond motifs is 1. The van der Waals surface area contributed by atoms with Gasteiger partial charge in [0.1, 0.15) is 5.50 Å². The SMILES string of the molecule is O=c1oc2c(Cl)cccc2cc1C1=CSC(NC2CCCCC2)N1. The summed E-state index contributed by atoms with van der Waals surface area (Å²) in [5.41, 5.74) is 1.54. The van der Waals surface area contributed by atoms with Crippen LogP contribution in [-0.4, -0.2) is 11.5 Å². The summed E-state index contributed by atoms with van der Waals surface area (Å²) in [6.07, 6.45) is 6.39. The number of thioether (sulfide) groups is 1. The van der Waals surface area contributed by atoms with Crippen LogP contribution in [0.15, 0.2) is 38.9 Å². The summed E-state index contributed by atoms with van der Waals surface area (Å²) in [4.78, 5) is 12.3. The number of hydrogen-bond acceptors (Lipinski definition) is 5. The van der Waals surface area contributed by atoms with E-state index in [1.165, 1.54) is 32.1 Å². The fourth-order valence-corrected chi connectivity index (χ4v) is 4.50. The van der Waals surface area contributed by atoms with Gasteiger partial charge in [0, 0.05) is 11.4 Å². The van der Waals surface area contributed by atoms with E-state index in [4.69, 9.17) is 16.0 Å². The summed E-state index contributed by atoms with van der Waals surface area (Å²) in [6.45, 7) is 0. The molecule has 1 aromatic carbocycles. The molecule has 4 rings (SSSR count). The summed E-state index contributed by atoms with van der Waals surface area (Å²) in [7, 11) is 0. The molecule has 0 radical (unpaired) electrons. The zero-order chi connectivity index (χ0) is 16.5. The van der Waals surface area contributed by atoms with Crippen molar-refractivity contribution >= 4 is 40.0 Å². The lowest BCUT2D eigenvalue weighted by molar-refractivity contribution is 0.362. The second-order valence-electron chi connectivity index (χ2n) is 6.30. The minimum absolute atomic E-state index is 0.109. The van der Waals surface area contributed by atoms with E-state index >= 15 is 0 Å². The summed E-state index contributed by atoms with van der Waals surface area (Å²) in [5, 5.41) is 10.3. The average Bonchev–Trinajstić information content (AvgIpc) is 3.04. The third-order valence-corrected chi connectivity index (χ3v) is 5.80. The van der Waals surface area contributed by atoms with Crippen molar-refractivity contribution in [2.45, 2.75) is 43.6 Å². The first-order chi connectivity index (χ1) is 11.7. The third-order valence-electron chi connectivity index (χ3n) is 4.60. The highest BCUT2D eigenvalue weighted by molar-refractivity contribution is 8.03. The van der Waals surface area contributed by atoms with Gasteiger partial charge < -0.3 is 9.73 Å². The van der Waals surface area contributed by atoms with Crippen LogP contribution in [0.3, 0.4) is 0 Å². The van der Waals surface area contributed by atoms with Gasteiger partial charge in [0.15, 0.2) is 5.58 Å². The Labute approximate surface area is 149 Å². The van der Waals surface area contributed by atoms with Crippen molar-refractivity contribution < 1.29 is 4.42 Å². The molecule has 1 atom stereocenters. The van der Waals surface area contributed by atoms with Crippen LogP contribution in [-0.2, 0) is 0 Å². The molecule has 126 valence electrons. The van der Waals surface area contributed by atoms with Crippen molar-refractivity contribution in [3.05, 3.63) is 50.7 Å². The molecule has 0 saturated heterocycles. The predicted octanol–water partition coefficient (Wildman–Crippen LogP) is 4.29. The van der Waals surface area contributed by atoms with Gasteiger partial charge >= 0.3 is 5.63 Å². The molecule has 24 heavy (non-hydrogen) atoms. The molecule has 1 saturated carbocycles. The van der Waals surface area contributed by atoms with Crippen LogP contribution < -0.4 is 16.3 Å². The number of rotatable bonds is 3. The van der Waals surface area contributed by atoms with E-state index in [1.807, 2.05) is 23.6 Å². The molecule has 0 bridgehead atoms. The van der Waals surface area contributed by atoms with Crippen LogP contribution in [0.5, 0.6) is 0 Å². The van der Waals surface area contributed by atoms with Crippen LogP contribution in [0.25, 0.3) is 16.7 Å². The monoisotopic (exact) mass is 362 g/mol. The Hall–Kier alpha value is -1.43. The van der Waals surface area contributed by atoms with Gasteiger partial charge in [-0.2, -0.15) is 0 Å². The number of benzene rings is 1. The Morgan fingerprint density at radius 3 is 2.92 bits per heavy atom. The highest BCUT2D eigenvalue weighted by Gasteiger charge is 2.24. The summed E-state index contributed by atoms with van der Waals surface area (Å²) >= 11 is 7.76. The van der Waals surface area contributed by atoms with E-state index in [0.29, 0.717) is 22.2 Å². The molecule has 4 nitrogen and oxygen atoms in total. The van der Waals surface area contributed by atoms with Gasteiger partial charge in [-0.3, -0.25) is 5.32 Å². The topological polar surface area (TPSA) is 54.3 Å². The number of halogens is 1. The van der Waals surface area contributed by atoms with Gasteiger partial charge in [0.2, 0.25) is 0 Å². The quantitative estimate of drug-likeness (QED) is 0.798. The van der Waals surface area contributed by atoms with Gasteiger partial charge in [0.25, 0.3) is 0 Å². The van der Waals surface area contributed by atoms with Crippen LogP contribution in [0.1, 0.15) is 37.7 Å². The lowest BCUT2D eigenvalue weighted by atomic mass is 9.96. The van der Waals surface area contributed by atoms with Gasteiger partial charge in [-0.1, -0.05) is 54.8 Å². The summed E-state index contributed by atoms with van der Waals surface area (Å²) < 4.78 is 5.42. The highest BCUT2D eigenvalue weighted by atomic mass is 35.5. The molecule has 2 N–H and O–H groups in total. The summed E-state index contributed by atoms with van der Waals surface area (Å²) in [5.74, 6) is 0. The van der Waals surface area contributed by atoms with E-state index < -0.39 is 0 Å². The largest absolute Gasteiger partial charge is 0.421 e. The first-order valence-corrected chi connectivity index (χ1v) is 9.64. The van der Waals surface area contributed by atoms with E-state index in [2.05, 4.69) is 10.6 Å². The van der Waals surface area contributed by atoms with Crippen molar-refractivity contribution in [1.29, 1.82) is 0 Å². The van der Waals surface area contributed by atoms with Crippen molar-refractivity contribution in [2.75, 3.05) is 0 Å². The molecule has 0 amide bonds. The number of para-hydroxylation sites is 1. The van der Waals surface area contributed by atoms with Crippen molar-refractivity contribution in [3.8, 4) is 0 Å². The molecule has 2 aromatic rings. The van der Waals surface area contributed by atoms with Crippen molar-refractivity contribution in [2.24, 2.45) is 0 Å². The predicted molar refractivity (Wildman–Crippen MR) is 100.0 cm³/mol. The fraction of sp³-hybridized carbons (Fsp3) is 0.389. The Morgan fingerprint density at radius 2 is 2.08 bits per heavy atom. The van der Waals surface area contributed by atoms with Crippen LogP contribution in [0.2, 0.25) is 5.02 Å². The first-order valence-electron chi connectivity index (χ1n) is 8.32. The molecule has 2 aliphatic rings. The standard InChI is InChI=1S/C18H19ClN2O2S/c19-14-8-4-5-11-9-13(17(22)23-16(11)14)15-10-24-18(21-15)20-12-6-2-1-3-7-12/h4-5,8-10,12,18,20-21H,1-3,6-7H2. The fourth-order valence-electron chi connectivity index (χ4n) is 3.35. The molecule has 1 unspecified atom stereocenters. The first kappa shape index (κ1) is 16.1. The molecule has 2 heterocycles. The lowest BCUT2D eigenvalue weighted by Gasteiger charge is -2.26. The van der Waals surface area contributed by atoms with Crippen molar-refractivity contribution in [3.63, 3.8) is 0 Å². The lowest BCUT2D eigenvalue weighted by Crippen LogP contribution is -2.43. The normalized spacial score (nSPS) is 21.7. The average molecular weight is 363 g/mol. The van der Waals surface area contributed by atoms with Crippen LogP contribution in [0.4, 0.5) is 0 Å². The minimum Gasteiger partial charge on any atom is -0.421 e. The van der Waals surface area contributed by atoms with E-state index in [-0.39, 0.29) is 11.1 Å². The number of hydrogen-bond donors (Lipinski definition) is 2. The molecule has 6 heteroatoms. The van der Waals surface area contributed by atoms with Gasteiger partial charge in [-0.15, -0.1) is 0 Å². The summed E-state index contributed by atoms with van der Waals surface area (Å²) in [6, 6.07) is 7.87. The highest BCUT2D eigenvalue weighted by Crippen LogP contribution is 2.29. The Bertz CT molecular complexity index is 843. The third kappa shape index (κ3) is 3.21. The molecular formula is C18H19ClN2O2S. The molecular weight excluding hydrogens is 344 g/mol. The Kier molecular flexibility index (Phi) is 4.57. The zero-order valence-corrected chi connectivity index (χ0v) is 14.8. The number of nitrogens with one attached hydrogen (secondary N) is 2. The molecule has 1 fully saturated rings. The molecule has 0 spiro atoms. The van der Waals surface area contributed by atoms with Crippen LogP contribution in [0, 0.1) is 0 Å². The maximum absolute atomic E-state index is 12.3. The zero-order valence-electron chi connectivity index (χ0n) is 13.2. The Balaban J connectivity index is 1.53. The second kappa shape index (κ2) is 6.82. The van der Waals surface area contributed by atoms with Gasteiger partial charge in [-0.05, 0) is 30.4 Å². The van der Waals surface area contributed by atoms with E-state index in [0.717, 1.165) is 11.1 Å². The Morgan fingerprint density at radius 1 is 1.25 bits per heavy atom. The second-order valence-corrected chi connectivity index (χ2v) is 7.69. The minimum atomic E-state index is -0.367. The van der Waals surface area contributed by atoms with E-state index in [9.17, 15) is 4.79 Å². The molecule has 1 aromatic heterocycles. The van der Waals surface area contributed by atoms with Gasteiger partial charge in [0.05, 0.1) is 16.3 Å². The van der Waals surface area contributed by atoms with Crippen molar-refractivity contribution in [1.82, 2.24) is 10.6 Å². The molecule has 1 aliphatic carbocycles.